The zero-order valence-corrected chi connectivity index (χ0v) is 22.0. The van der Waals surface area contributed by atoms with E-state index in [1.807, 2.05) is 30.5 Å². The number of nitrogens with one attached hydrogen (secondary N) is 1. The molecule has 2 heterocycles. The first kappa shape index (κ1) is 24.8. The number of aromatic hydroxyl groups is 1. The van der Waals surface area contributed by atoms with Gasteiger partial charge in [-0.05, 0) is 67.6 Å². The molecule has 0 aliphatic carbocycles. The van der Waals surface area contributed by atoms with Crippen molar-refractivity contribution in [3.63, 3.8) is 0 Å². The minimum absolute atomic E-state index is 0.0419. The Balaban J connectivity index is 1.22. The molecule has 0 unspecified atom stereocenters. The van der Waals surface area contributed by atoms with Crippen LogP contribution in [-0.2, 0) is 14.8 Å². The molecule has 186 valence electrons. The molecule has 1 amide bonds. The number of amides is 1. The van der Waals surface area contributed by atoms with Crippen LogP contribution >= 0.6 is 23.1 Å². The molecule has 0 radical (unpaired) electrons. The van der Waals surface area contributed by atoms with Crippen LogP contribution < -0.4 is 5.32 Å². The number of anilines is 1. The third-order valence-corrected chi connectivity index (χ3v) is 10.0. The molecule has 1 aromatic heterocycles. The first-order valence-electron chi connectivity index (χ1n) is 11.5. The summed E-state index contributed by atoms with van der Waals surface area (Å²) in [5, 5.41) is 14.2. The fourth-order valence-corrected chi connectivity index (χ4v) is 7.15. The second kappa shape index (κ2) is 10.2. The van der Waals surface area contributed by atoms with E-state index >= 15 is 0 Å². The van der Waals surface area contributed by atoms with Gasteiger partial charge in [0.25, 0.3) is 0 Å². The van der Waals surface area contributed by atoms with Crippen molar-refractivity contribution in [1.29, 1.82) is 0 Å². The van der Waals surface area contributed by atoms with E-state index in [1.54, 1.807) is 48.2 Å². The van der Waals surface area contributed by atoms with Gasteiger partial charge in [0.05, 0.1) is 20.7 Å². The number of benzene rings is 3. The van der Waals surface area contributed by atoms with Crippen LogP contribution in [-0.4, -0.2) is 48.1 Å². The first-order chi connectivity index (χ1) is 17.3. The minimum Gasteiger partial charge on any atom is -0.507 e. The quantitative estimate of drug-likeness (QED) is 0.317. The minimum atomic E-state index is -3.59. The number of phenolic OH excluding ortho intramolecular Hbond substituents is 1. The number of fused-ring (bicyclic) bond motifs is 1. The number of nitrogens with zero attached hydrogens (tertiary/aromatic N) is 2. The summed E-state index contributed by atoms with van der Waals surface area (Å²) >= 11 is 3.05. The normalized spacial score (nSPS) is 15.2. The Kier molecular flexibility index (Phi) is 7.03. The highest BCUT2D eigenvalue weighted by Gasteiger charge is 2.32. The summed E-state index contributed by atoms with van der Waals surface area (Å²) < 4.78 is 28.5. The number of carbonyl (C=O) groups excluding carboxylic acids is 1. The van der Waals surface area contributed by atoms with Gasteiger partial charge in [0.15, 0.2) is 0 Å². The summed E-state index contributed by atoms with van der Waals surface area (Å²) in [5.41, 5.74) is 1.98. The third-order valence-electron chi connectivity index (χ3n) is 6.31. The summed E-state index contributed by atoms with van der Waals surface area (Å²) in [4.78, 5) is 18.7. The van der Waals surface area contributed by atoms with Crippen molar-refractivity contribution in [1.82, 2.24) is 9.29 Å². The van der Waals surface area contributed by atoms with Crippen molar-refractivity contribution in [3.8, 4) is 16.3 Å². The maximum atomic E-state index is 13.0. The number of rotatable bonds is 6. The lowest BCUT2D eigenvalue weighted by Crippen LogP contribution is -2.41. The molecule has 2 N–H and O–H groups in total. The maximum absolute atomic E-state index is 13.0. The van der Waals surface area contributed by atoms with Crippen LogP contribution in [0.3, 0.4) is 0 Å². The highest BCUT2D eigenvalue weighted by molar-refractivity contribution is 7.98. The molecule has 0 spiro atoms. The average Bonchev–Trinajstić information content (AvgIpc) is 3.33. The smallest absolute Gasteiger partial charge is 0.243 e. The van der Waals surface area contributed by atoms with Gasteiger partial charge < -0.3 is 10.4 Å². The van der Waals surface area contributed by atoms with Gasteiger partial charge in [-0.15, -0.1) is 23.1 Å². The summed E-state index contributed by atoms with van der Waals surface area (Å²) in [6.45, 7) is 0.568. The lowest BCUT2D eigenvalue weighted by Gasteiger charge is -2.30. The van der Waals surface area contributed by atoms with Crippen LogP contribution in [0.4, 0.5) is 5.69 Å². The fraction of sp³-hybridized carbons (Fsp3) is 0.231. The standard InChI is InChI=1S/C26H25N3O4S3/c1-34-19-7-9-20(10-8-19)36(32,33)29-14-12-17(13-15-29)25(31)27-18-6-11-21(23(30)16-18)26-28-22-4-2-3-5-24(22)35-26/h2-11,16-17,30H,12-15H2,1H3,(H,27,31). The molecule has 1 saturated heterocycles. The maximum Gasteiger partial charge on any atom is 0.243 e. The molecule has 3 aromatic carbocycles. The monoisotopic (exact) mass is 539 g/mol. The molecule has 1 aliphatic heterocycles. The Hall–Kier alpha value is -2.92. The van der Waals surface area contributed by atoms with Gasteiger partial charge in [-0.1, -0.05) is 12.1 Å². The van der Waals surface area contributed by atoms with Crippen LogP contribution in [0.5, 0.6) is 5.75 Å². The Bertz CT molecular complexity index is 1480. The predicted molar refractivity (Wildman–Crippen MR) is 145 cm³/mol. The van der Waals surface area contributed by atoms with E-state index in [4.69, 9.17) is 0 Å². The molecule has 5 rings (SSSR count). The van der Waals surface area contributed by atoms with Gasteiger partial charge in [-0.3, -0.25) is 4.79 Å². The number of hydrogen-bond acceptors (Lipinski definition) is 7. The van der Waals surface area contributed by atoms with Gasteiger partial charge in [-0.25, -0.2) is 13.4 Å². The van der Waals surface area contributed by atoms with Gasteiger partial charge >= 0.3 is 0 Å². The number of para-hydroxylation sites is 1. The second-order valence-electron chi connectivity index (χ2n) is 8.56. The molecule has 10 heteroatoms. The van der Waals surface area contributed by atoms with E-state index in [-0.39, 0.29) is 35.6 Å². The van der Waals surface area contributed by atoms with Crippen LogP contribution in [0.25, 0.3) is 20.8 Å². The van der Waals surface area contributed by atoms with Crippen LogP contribution in [0.1, 0.15) is 12.8 Å². The van der Waals surface area contributed by atoms with E-state index in [2.05, 4.69) is 10.3 Å². The molecular formula is C26H25N3O4S3. The van der Waals surface area contributed by atoms with Crippen LogP contribution in [0.15, 0.2) is 76.5 Å². The Morgan fingerprint density at radius 2 is 1.81 bits per heavy atom. The van der Waals surface area contributed by atoms with Crippen molar-refractivity contribution in [2.75, 3.05) is 24.7 Å². The van der Waals surface area contributed by atoms with E-state index < -0.39 is 10.0 Å². The highest BCUT2D eigenvalue weighted by atomic mass is 32.2. The van der Waals surface area contributed by atoms with Crippen LogP contribution in [0.2, 0.25) is 0 Å². The molecular weight excluding hydrogens is 515 g/mol. The van der Waals surface area contributed by atoms with Gasteiger partial charge in [0.1, 0.15) is 10.8 Å². The number of hydrogen-bond donors (Lipinski definition) is 2. The molecule has 0 saturated carbocycles. The van der Waals surface area contributed by atoms with Crippen molar-refractivity contribution in [2.45, 2.75) is 22.6 Å². The highest BCUT2D eigenvalue weighted by Crippen LogP contribution is 2.37. The number of piperidine rings is 1. The van der Waals surface area contributed by atoms with E-state index in [1.165, 1.54) is 21.7 Å². The van der Waals surface area contributed by atoms with Gasteiger partial charge in [0.2, 0.25) is 15.9 Å². The van der Waals surface area contributed by atoms with E-state index in [9.17, 15) is 18.3 Å². The van der Waals surface area contributed by atoms with Crippen molar-refractivity contribution in [3.05, 3.63) is 66.7 Å². The largest absolute Gasteiger partial charge is 0.507 e. The number of thioether (sulfide) groups is 1. The van der Waals surface area contributed by atoms with Crippen molar-refractivity contribution < 1.29 is 18.3 Å². The summed E-state index contributed by atoms with van der Waals surface area (Å²) in [7, 11) is -3.59. The fourth-order valence-electron chi connectivity index (χ4n) is 4.28. The number of aromatic nitrogens is 1. The molecule has 0 atom stereocenters. The summed E-state index contributed by atoms with van der Waals surface area (Å²) in [6.07, 6.45) is 2.81. The third kappa shape index (κ3) is 4.99. The number of sulfonamides is 1. The van der Waals surface area contributed by atoms with E-state index in [0.29, 0.717) is 29.1 Å². The number of thiazole rings is 1. The zero-order valence-electron chi connectivity index (χ0n) is 19.5. The topological polar surface area (TPSA) is 99.6 Å². The molecule has 0 bridgehead atoms. The summed E-state index contributed by atoms with van der Waals surface area (Å²) in [5.74, 6) is -0.440. The first-order valence-corrected chi connectivity index (χ1v) is 15.0. The molecule has 36 heavy (non-hydrogen) atoms. The molecule has 4 aromatic rings. The number of phenols is 1. The lowest BCUT2D eigenvalue weighted by atomic mass is 9.97. The SMILES string of the molecule is CSc1ccc(S(=O)(=O)N2CCC(C(=O)Nc3ccc(-c4nc5ccccc5s4)c(O)c3)CC2)cc1. The number of carbonyl (C=O) groups is 1. The summed E-state index contributed by atoms with van der Waals surface area (Å²) in [6, 6.07) is 19.7. The Labute approximate surface area is 218 Å². The Morgan fingerprint density at radius 3 is 2.47 bits per heavy atom. The molecule has 1 fully saturated rings. The van der Waals surface area contributed by atoms with Gasteiger partial charge in [0, 0.05) is 35.7 Å². The lowest BCUT2D eigenvalue weighted by molar-refractivity contribution is -0.120. The predicted octanol–water partition coefficient (Wildman–Crippen LogP) is 5.43. The Morgan fingerprint density at radius 1 is 1.08 bits per heavy atom. The average molecular weight is 540 g/mol. The van der Waals surface area contributed by atoms with Crippen LogP contribution in [0, 0.1) is 5.92 Å². The van der Waals surface area contributed by atoms with Crippen molar-refractivity contribution in [2.24, 2.45) is 5.92 Å². The second-order valence-corrected chi connectivity index (χ2v) is 12.4. The molecule has 7 nitrogen and oxygen atoms in total. The van der Waals surface area contributed by atoms with Gasteiger partial charge in [-0.2, -0.15) is 4.31 Å². The van der Waals surface area contributed by atoms with Crippen molar-refractivity contribution >= 4 is 54.9 Å². The van der Waals surface area contributed by atoms with E-state index in [0.717, 1.165) is 15.1 Å². The molecule has 1 aliphatic rings. The zero-order chi connectivity index (χ0) is 25.3.